The first-order valence-corrected chi connectivity index (χ1v) is 5.96. The second kappa shape index (κ2) is 5.32. The summed E-state index contributed by atoms with van der Waals surface area (Å²) in [5.74, 6) is 0.513. The Balaban J connectivity index is 2.10. The van der Waals surface area contributed by atoms with Crippen LogP contribution in [0.5, 0.6) is 0 Å². The first-order valence-electron chi connectivity index (χ1n) is 5.55. The largest absolute Gasteiger partial charge is 0.389 e. The molecule has 2 amide bonds. The molecule has 1 aromatic heterocycles. The lowest BCUT2D eigenvalue weighted by atomic mass is 10.3. The van der Waals surface area contributed by atoms with E-state index in [1.807, 2.05) is 0 Å². The number of thiocarbonyl (C=S) groups is 1. The predicted molar refractivity (Wildman–Crippen MR) is 70.5 cm³/mol. The number of ether oxygens (including phenoxy) is 1. The number of morpholine rings is 1. The Hall–Kier alpha value is -1.67. The molecule has 1 aliphatic rings. The van der Waals surface area contributed by atoms with Crippen LogP contribution >= 0.6 is 12.2 Å². The van der Waals surface area contributed by atoms with Gasteiger partial charge in [0, 0.05) is 20.1 Å². The Morgan fingerprint density at radius 3 is 2.83 bits per heavy atom. The van der Waals surface area contributed by atoms with E-state index >= 15 is 0 Å². The number of nitrogens with two attached hydrogens (primary N) is 1. The highest BCUT2D eigenvalue weighted by Gasteiger charge is 2.20. The molecule has 0 spiro atoms. The van der Waals surface area contributed by atoms with E-state index in [1.165, 1.54) is 10.9 Å². The van der Waals surface area contributed by atoms with Gasteiger partial charge in [-0.3, -0.25) is 10.00 Å². The van der Waals surface area contributed by atoms with Gasteiger partial charge in [-0.1, -0.05) is 12.2 Å². The van der Waals surface area contributed by atoms with Crippen LogP contribution in [0.25, 0.3) is 0 Å². The van der Waals surface area contributed by atoms with E-state index in [0.717, 1.165) is 0 Å². The number of anilines is 1. The number of amides is 2. The van der Waals surface area contributed by atoms with Crippen LogP contribution in [0.4, 0.5) is 10.6 Å². The Labute approximate surface area is 110 Å². The van der Waals surface area contributed by atoms with E-state index in [2.05, 4.69) is 10.4 Å². The van der Waals surface area contributed by atoms with Gasteiger partial charge < -0.3 is 15.4 Å². The Morgan fingerprint density at radius 1 is 1.56 bits per heavy atom. The average molecular weight is 269 g/mol. The van der Waals surface area contributed by atoms with Crippen LogP contribution in [0.15, 0.2) is 6.20 Å². The lowest BCUT2D eigenvalue weighted by Gasteiger charge is -2.27. The lowest BCUT2D eigenvalue weighted by Crippen LogP contribution is -2.43. The molecule has 3 N–H and O–H groups in total. The molecule has 8 heteroatoms. The third-order valence-electron chi connectivity index (χ3n) is 2.73. The number of hydrogen-bond donors (Lipinski definition) is 2. The molecule has 18 heavy (non-hydrogen) atoms. The lowest BCUT2D eigenvalue weighted by molar-refractivity contribution is 0.0564. The highest BCUT2D eigenvalue weighted by molar-refractivity contribution is 7.80. The van der Waals surface area contributed by atoms with Crippen LogP contribution in [0.2, 0.25) is 0 Å². The van der Waals surface area contributed by atoms with Crippen molar-refractivity contribution in [1.29, 1.82) is 0 Å². The number of carbonyl (C=O) groups excluding carboxylic acids is 1. The molecule has 0 radical (unpaired) electrons. The average Bonchev–Trinajstić information content (AvgIpc) is 2.72. The van der Waals surface area contributed by atoms with Crippen LogP contribution in [0.1, 0.15) is 5.56 Å². The zero-order valence-electron chi connectivity index (χ0n) is 10.0. The zero-order chi connectivity index (χ0) is 13.1. The van der Waals surface area contributed by atoms with Gasteiger partial charge in [0.25, 0.3) is 0 Å². The summed E-state index contributed by atoms with van der Waals surface area (Å²) in [6.45, 7) is 2.26. The molecule has 2 rings (SSSR count). The Bertz CT molecular complexity index is 467. The van der Waals surface area contributed by atoms with Crippen LogP contribution in [0.3, 0.4) is 0 Å². The topological polar surface area (TPSA) is 85.4 Å². The standard InChI is InChI=1S/C10H15N5O2S/c1-14-9(7(6-12-14)8(11)18)13-10(16)15-2-4-17-5-3-15/h6H,2-5H2,1H3,(H2,11,18)(H,13,16). The van der Waals surface area contributed by atoms with Gasteiger partial charge in [0.2, 0.25) is 0 Å². The van der Waals surface area contributed by atoms with Crippen molar-refractivity contribution in [3.63, 3.8) is 0 Å². The van der Waals surface area contributed by atoms with Crippen molar-refractivity contribution in [3.05, 3.63) is 11.8 Å². The normalized spacial score (nSPS) is 15.5. The molecular formula is C10H15N5O2S. The summed E-state index contributed by atoms with van der Waals surface area (Å²) in [6.07, 6.45) is 1.54. The first kappa shape index (κ1) is 12.8. The number of urea groups is 1. The van der Waals surface area contributed by atoms with Crippen molar-refractivity contribution < 1.29 is 9.53 Å². The zero-order valence-corrected chi connectivity index (χ0v) is 10.9. The quantitative estimate of drug-likeness (QED) is 0.733. The maximum atomic E-state index is 12.0. The highest BCUT2D eigenvalue weighted by atomic mass is 32.1. The molecule has 7 nitrogen and oxygen atoms in total. The smallest absolute Gasteiger partial charge is 0.323 e. The summed E-state index contributed by atoms with van der Waals surface area (Å²) in [5, 5.41) is 6.80. The van der Waals surface area contributed by atoms with Crippen molar-refractivity contribution >= 4 is 29.1 Å². The molecule has 1 saturated heterocycles. The fourth-order valence-electron chi connectivity index (χ4n) is 1.71. The summed E-state index contributed by atoms with van der Waals surface area (Å²) >= 11 is 4.91. The molecule has 0 saturated carbocycles. The third kappa shape index (κ3) is 2.59. The van der Waals surface area contributed by atoms with Crippen LogP contribution < -0.4 is 11.1 Å². The van der Waals surface area contributed by atoms with Gasteiger partial charge in [-0.15, -0.1) is 0 Å². The van der Waals surface area contributed by atoms with Gasteiger partial charge in [0.15, 0.2) is 0 Å². The second-order valence-corrected chi connectivity index (χ2v) is 4.36. The summed E-state index contributed by atoms with van der Waals surface area (Å²) in [5.41, 5.74) is 6.14. The molecule has 0 aromatic carbocycles. The molecule has 0 unspecified atom stereocenters. The van der Waals surface area contributed by atoms with Gasteiger partial charge in [-0.05, 0) is 0 Å². The highest BCUT2D eigenvalue weighted by Crippen LogP contribution is 2.14. The summed E-state index contributed by atoms with van der Waals surface area (Å²) in [7, 11) is 1.72. The van der Waals surface area contributed by atoms with Gasteiger partial charge in [-0.25, -0.2) is 4.79 Å². The van der Waals surface area contributed by atoms with Crippen molar-refractivity contribution in [3.8, 4) is 0 Å². The van der Waals surface area contributed by atoms with E-state index in [0.29, 0.717) is 37.7 Å². The number of aryl methyl sites for hydroxylation is 1. The fourth-order valence-corrected chi connectivity index (χ4v) is 1.86. The summed E-state index contributed by atoms with van der Waals surface area (Å²) in [6, 6.07) is -0.195. The molecular weight excluding hydrogens is 254 g/mol. The molecule has 1 aliphatic heterocycles. The van der Waals surface area contributed by atoms with Crippen molar-refractivity contribution in [2.24, 2.45) is 12.8 Å². The van der Waals surface area contributed by atoms with Crippen molar-refractivity contribution in [2.45, 2.75) is 0 Å². The molecule has 98 valence electrons. The number of nitrogens with one attached hydrogen (secondary N) is 1. The monoisotopic (exact) mass is 269 g/mol. The maximum Gasteiger partial charge on any atom is 0.323 e. The molecule has 1 fully saturated rings. The van der Waals surface area contributed by atoms with Gasteiger partial charge in [-0.2, -0.15) is 5.10 Å². The molecule has 0 bridgehead atoms. The van der Waals surface area contributed by atoms with E-state index in [1.54, 1.807) is 11.9 Å². The predicted octanol–water partition coefficient (Wildman–Crippen LogP) is -0.0816. The minimum atomic E-state index is -0.195. The molecule has 2 heterocycles. The van der Waals surface area contributed by atoms with Crippen molar-refractivity contribution in [1.82, 2.24) is 14.7 Å². The second-order valence-electron chi connectivity index (χ2n) is 3.92. The number of hydrogen-bond acceptors (Lipinski definition) is 4. The van der Waals surface area contributed by atoms with Gasteiger partial charge in [0.05, 0.1) is 25.0 Å². The van der Waals surface area contributed by atoms with E-state index in [-0.39, 0.29) is 11.0 Å². The van der Waals surface area contributed by atoms with E-state index in [9.17, 15) is 4.79 Å². The molecule has 1 aromatic rings. The first-order chi connectivity index (χ1) is 8.59. The van der Waals surface area contributed by atoms with Crippen LogP contribution in [0, 0.1) is 0 Å². The summed E-state index contributed by atoms with van der Waals surface area (Å²) < 4.78 is 6.73. The summed E-state index contributed by atoms with van der Waals surface area (Å²) in [4.78, 5) is 13.9. The van der Waals surface area contributed by atoms with Gasteiger partial charge in [0.1, 0.15) is 10.8 Å². The number of nitrogens with zero attached hydrogens (tertiary/aromatic N) is 3. The van der Waals surface area contributed by atoms with Crippen molar-refractivity contribution in [2.75, 3.05) is 31.6 Å². The minimum Gasteiger partial charge on any atom is -0.389 e. The SMILES string of the molecule is Cn1ncc(C(N)=S)c1NC(=O)N1CCOCC1. The Morgan fingerprint density at radius 2 is 2.22 bits per heavy atom. The fraction of sp³-hybridized carbons (Fsp3) is 0.500. The van der Waals surface area contributed by atoms with E-state index < -0.39 is 0 Å². The Kier molecular flexibility index (Phi) is 3.78. The molecule has 0 atom stereocenters. The van der Waals surface area contributed by atoms with Crippen LogP contribution in [-0.2, 0) is 11.8 Å². The maximum absolute atomic E-state index is 12.0. The number of rotatable bonds is 2. The molecule has 0 aliphatic carbocycles. The van der Waals surface area contributed by atoms with E-state index in [4.69, 9.17) is 22.7 Å². The van der Waals surface area contributed by atoms with Gasteiger partial charge >= 0.3 is 6.03 Å². The van der Waals surface area contributed by atoms with Crippen LogP contribution in [-0.4, -0.2) is 52.0 Å². The minimum absolute atomic E-state index is 0.195. The third-order valence-corrected chi connectivity index (χ3v) is 2.95. The number of aromatic nitrogens is 2. The number of carbonyl (C=O) groups is 1.